The summed E-state index contributed by atoms with van der Waals surface area (Å²) in [6.45, 7) is 3.08. The number of phosphoric acid groups is 1. The summed E-state index contributed by atoms with van der Waals surface area (Å²) in [5.41, 5.74) is 0. The van der Waals surface area contributed by atoms with Gasteiger partial charge in [-0.3, -0.25) is 9.05 Å². The molecule has 8 heteroatoms. The molecule has 0 heterocycles. The fourth-order valence-corrected chi connectivity index (χ4v) is 4.09. The molecule has 7 nitrogen and oxygen atoms in total. The molecule has 0 aromatic carbocycles. The van der Waals surface area contributed by atoms with Crippen LogP contribution >= 0.6 is 7.82 Å². The number of rotatable bonds is 24. The zero-order valence-corrected chi connectivity index (χ0v) is 22.3. The standard InChI is InChI=1S/C24H52NO6P/c1-5-6-7-8-9-10-11-12-13-14-15-16-17-18-20-29-24(22-26)23-31-32(27,28)30-21-19-25(2,3)4/h24,26H,5-23H2,1-4H3/p+1. The van der Waals surface area contributed by atoms with Crippen LogP contribution in [0.25, 0.3) is 0 Å². The lowest BCUT2D eigenvalue weighted by Crippen LogP contribution is -2.37. The Labute approximate surface area is 198 Å². The van der Waals surface area contributed by atoms with Crippen molar-refractivity contribution in [3.05, 3.63) is 0 Å². The van der Waals surface area contributed by atoms with Crippen molar-refractivity contribution < 1.29 is 32.8 Å². The smallest absolute Gasteiger partial charge is 0.394 e. The Bertz CT molecular complexity index is 458. The van der Waals surface area contributed by atoms with E-state index in [1.165, 1.54) is 77.0 Å². The lowest BCUT2D eigenvalue weighted by atomic mass is 10.0. The van der Waals surface area contributed by atoms with Crippen molar-refractivity contribution in [1.29, 1.82) is 0 Å². The monoisotopic (exact) mass is 482 g/mol. The van der Waals surface area contributed by atoms with Gasteiger partial charge in [0.05, 0.1) is 34.4 Å². The molecular formula is C24H53NO6P+. The summed E-state index contributed by atoms with van der Waals surface area (Å²) in [7, 11) is 1.79. The van der Waals surface area contributed by atoms with Crippen molar-refractivity contribution in [3.8, 4) is 0 Å². The average Bonchev–Trinajstić information content (AvgIpc) is 2.72. The Hall–Kier alpha value is -0.0100. The molecule has 2 atom stereocenters. The Morgan fingerprint density at radius 1 is 0.750 bits per heavy atom. The van der Waals surface area contributed by atoms with Crippen molar-refractivity contribution >= 4 is 7.82 Å². The molecule has 0 aromatic heterocycles. The number of hydrogen-bond donors (Lipinski definition) is 2. The molecule has 0 rings (SSSR count). The van der Waals surface area contributed by atoms with Crippen molar-refractivity contribution in [1.82, 2.24) is 0 Å². The van der Waals surface area contributed by atoms with Gasteiger partial charge in [-0.25, -0.2) is 4.57 Å². The second-order valence-corrected chi connectivity index (χ2v) is 11.3. The molecule has 0 aliphatic rings. The normalized spacial score (nSPS) is 15.1. The van der Waals surface area contributed by atoms with E-state index in [9.17, 15) is 14.6 Å². The zero-order chi connectivity index (χ0) is 24.1. The molecule has 0 aliphatic carbocycles. The van der Waals surface area contributed by atoms with E-state index in [1.807, 2.05) is 21.1 Å². The predicted molar refractivity (Wildman–Crippen MR) is 132 cm³/mol. The molecule has 0 bridgehead atoms. The third-order valence-electron chi connectivity index (χ3n) is 5.50. The van der Waals surface area contributed by atoms with Gasteiger partial charge in [-0.2, -0.15) is 0 Å². The van der Waals surface area contributed by atoms with Crippen LogP contribution in [0.1, 0.15) is 96.8 Å². The summed E-state index contributed by atoms with van der Waals surface area (Å²) in [5.74, 6) is 0. The summed E-state index contributed by atoms with van der Waals surface area (Å²) in [5, 5.41) is 9.40. The fourth-order valence-electron chi connectivity index (χ4n) is 3.34. The molecule has 0 aromatic rings. The van der Waals surface area contributed by atoms with Crippen molar-refractivity contribution in [3.63, 3.8) is 0 Å². The van der Waals surface area contributed by atoms with Crippen LogP contribution in [0.15, 0.2) is 0 Å². The van der Waals surface area contributed by atoms with Gasteiger partial charge in [0.15, 0.2) is 0 Å². The van der Waals surface area contributed by atoms with E-state index in [0.717, 1.165) is 12.8 Å². The maximum Gasteiger partial charge on any atom is 0.472 e. The van der Waals surface area contributed by atoms with Gasteiger partial charge in [0, 0.05) is 6.61 Å². The molecule has 0 saturated heterocycles. The van der Waals surface area contributed by atoms with Crippen LogP contribution in [-0.4, -0.2) is 74.7 Å². The Kier molecular flexibility index (Phi) is 20.4. The van der Waals surface area contributed by atoms with E-state index in [4.69, 9.17) is 13.8 Å². The molecule has 0 radical (unpaired) electrons. The maximum absolute atomic E-state index is 11.9. The number of quaternary nitrogens is 1. The number of aliphatic hydroxyl groups excluding tert-OH is 1. The molecular weight excluding hydrogens is 429 g/mol. The van der Waals surface area contributed by atoms with Crippen LogP contribution in [0.2, 0.25) is 0 Å². The topological polar surface area (TPSA) is 85.2 Å². The van der Waals surface area contributed by atoms with Crippen molar-refractivity contribution in [2.24, 2.45) is 0 Å². The fraction of sp³-hybridized carbons (Fsp3) is 1.00. The summed E-state index contributed by atoms with van der Waals surface area (Å²) in [6.07, 6.45) is 17.6. The summed E-state index contributed by atoms with van der Waals surface area (Å²) in [4.78, 5) is 9.73. The zero-order valence-electron chi connectivity index (χ0n) is 21.4. The van der Waals surface area contributed by atoms with Crippen LogP contribution in [0.5, 0.6) is 0 Å². The molecule has 194 valence electrons. The molecule has 2 unspecified atom stereocenters. The Balaban J connectivity index is 3.56. The van der Waals surface area contributed by atoms with Gasteiger partial charge in [-0.15, -0.1) is 0 Å². The first-order chi connectivity index (χ1) is 15.2. The summed E-state index contributed by atoms with van der Waals surface area (Å²) >= 11 is 0. The number of likely N-dealkylation sites (N-methyl/N-ethyl adjacent to an activating group) is 1. The van der Waals surface area contributed by atoms with Crippen LogP contribution in [0.4, 0.5) is 0 Å². The van der Waals surface area contributed by atoms with Gasteiger partial charge in [0.25, 0.3) is 0 Å². The van der Waals surface area contributed by atoms with Crippen LogP contribution in [-0.2, 0) is 18.3 Å². The minimum atomic E-state index is -4.12. The predicted octanol–water partition coefficient (Wildman–Crippen LogP) is 5.69. The highest BCUT2D eigenvalue weighted by Crippen LogP contribution is 2.43. The second-order valence-electron chi connectivity index (χ2n) is 9.88. The highest BCUT2D eigenvalue weighted by Gasteiger charge is 2.24. The molecule has 2 N–H and O–H groups in total. The van der Waals surface area contributed by atoms with E-state index in [0.29, 0.717) is 17.6 Å². The van der Waals surface area contributed by atoms with E-state index >= 15 is 0 Å². The molecule has 0 spiro atoms. The van der Waals surface area contributed by atoms with E-state index in [1.54, 1.807) is 0 Å². The van der Waals surface area contributed by atoms with E-state index < -0.39 is 13.9 Å². The lowest BCUT2D eigenvalue weighted by Gasteiger charge is -2.24. The maximum atomic E-state index is 11.9. The molecule has 32 heavy (non-hydrogen) atoms. The molecule has 0 saturated carbocycles. The van der Waals surface area contributed by atoms with Crippen LogP contribution in [0, 0.1) is 0 Å². The second kappa shape index (κ2) is 20.4. The summed E-state index contributed by atoms with van der Waals surface area (Å²) in [6, 6.07) is 0. The largest absolute Gasteiger partial charge is 0.472 e. The number of nitrogens with zero attached hydrogens (tertiary/aromatic N) is 1. The van der Waals surface area contributed by atoms with Crippen molar-refractivity contribution in [2.75, 3.05) is 54.1 Å². The molecule has 0 amide bonds. The first kappa shape index (κ1) is 32.0. The van der Waals surface area contributed by atoms with Crippen LogP contribution < -0.4 is 0 Å². The first-order valence-electron chi connectivity index (χ1n) is 12.8. The first-order valence-corrected chi connectivity index (χ1v) is 14.3. The lowest BCUT2D eigenvalue weighted by molar-refractivity contribution is -0.870. The number of hydrogen-bond acceptors (Lipinski definition) is 5. The van der Waals surface area contributed by atoms with Crippen molar-refractivity contribution in [2.45, 2.75) is 103 Å². The van der Waals surface area contributed by atoms with Gasteiger partial charge in [-0.05, 0) is 6.42 Å². The average molecular weight is 483 g/mol. The van der Waals surface area contributed by atoms with Crippen LogP contribution in [0.3, 0.4) is 0 Å². The number of aliphatic hydroxyl groups is 1. The third-order valence-corrected chi connectivity index (χ3v) is 6.48. The SMILES string of the molecule is CCCCCCCCCCCCCCCCOC(CO)COP(=O)(O)OCC[N+](C)(C)C. The number of unbranched alkanes of at least 4 members (excludes halogenated alkanes) is 13. The number of ether oxygens (including phenoxy) is 1. The van der Waals surface area contributed by atoms with Gasteiger partial charge in [-0.1, -0.05) is 90.4 Å². The van der Waals surface area contributed by atoms with E-state index in [-0.39, 0.29) is 19.8 Å². The van der Waals surface area contributed by atoms with Gasteiger partial charge >= 0.3 is 7.82 Å². The minimum absolute atomic E-state index is 0.126. The summed E-state index contributed by atoms with van der Waals surface area (Å²) < 4.78 is 28.0. The molecule has 0 fully saturated rings. The molecule has 0 aliphatic heterocycles. The quantitative estimate of drug-likeness (QED) is 0.105. The number of phosphoric ester groups is 1. The minimum Gasteiger partial charge on any atom is -0.394 e. The Morgan fingerprint density at radius 2 is 1.22 bits per heavy atom. The van der Waals surface area contributed by atoms with Gasteiger partial charge < -0.3 is 19.2 Å². The van der Waals surface area contributed by atoms with Gasteiger partial charge in [0.1, 0.15) is 19.3 Å². The third kappa shape index (κ3) is 23.2. The van der Waals surface area contributed by atoms with Gasteiger partial charge in [0.2, 0.25) is 0 Å². The van der Waals surface area contributed by atoms with E-state index in [2.05, 4.69) is 6.92 Å². The highest BCUT2D eigenvalue weighted by molar-refractivity contribution is 7.47. The highest BCUT2D eigenvalue weighted by atomic mass is 31.2. The Morgan fingerprint density at radius 3 is 1.66 bits per heavy atom.